The van der Waals surface area contributed by atoms with Gasteiger partial charge in [-0.15, -0.1) is 0 Å². The van der Waals surface area contributed by atoms with Crippen molar-refractivity contribution in [2.45, 2.75) is 59.0 Å². The number of carbonyl (C=O) groups is 2. The Kier molecular flexibility index (Phi) is 14.9. The average molecular weight is 518 g/mol. The molecule has 0 spiro atoms. The van der Waals surface area contributed by atoms with E-state index in [2.05, 4.69) is 31.7 Å². The molecule has 1 aliphatic heterocycles. The topological polar surface area (TPSA) is 96.3 Å². The van der Waals surface area contributed by atoms with E-state index >= 15 is 0 Å². The first-order chi connectivity index (χ1) is 16.1. The maximum absolute atomic E-state index is 9.10. The lowest BCUT2D eigenvalue weighted by atomic mass is 9.90. The summed E-state index contributed by atoms with van der Waals surface area (Å²) in [6.45, 7) is 11.2. The fourth-order valence-corrected chi connectivity index (χ4v) is 3.86. The first-order valence-electron chi connectivity index (χ1n) is 11.6. The SMILES string of the molecule is CCCCCN1CC[C@@H](CCOc2ccc(Cl)c(Cl)c2)[C@H](OCC=C(C)C)C1.O=C(O)C(=O)O. The number of rotatable bonds is 11. The molecule has 0 bridgehead atoms. The third-order valence-corrected chi connectivity index (χ3v) is 6.23. The molecule has 2 atom stereocenters. The van der Waals surface area contributed by atoms with Gasteiger partial charge in [-0.1, -0.05) is 54.6 Å². The number of carboxylic acids is 2. The number of nitrogens with zero attached hydrogens (tertiary/aromatic N) is 1. The van der Waals surface area contributed by atoms with Gasteiger partial charge in [-0.25, -0.2) is 9.59 Å². The smallest absolute Gasteiger partial charge is 0.414 e. The molecule has 2 N–H and O–H groups in total. The molecule has 192 valence electrons. The molecule has 7 nitrogen and oxygen atoms in total. The summed E-state index contributed by atoms with van der Waals surface area (Å²) in [6.07, 6.45) is 8.44. The van der Waals surface area contributed by atoms with E-state index in [1.807, 2.05) is 6.07 Å². The van der Waals surface area contributed by atoms with Crippen LogP contribution in [-0.2, 0) is 14.3 Å². The Morgan fingerprint density at radius 3 is 2.44 bits per heavy atom. The number of benzene rings is 1. The highest BCUT2D eigenvalue weighted by Gasteiger charge is 2.29. The van der Waals surface area contributed by atoms with Gasteiger partial charge in [0, 0.05) is 12.6 Å². The average Bonchev–Trinajstić information content (AvgIpc) is 2.78. The van der Waals surface area contributed by atoms with Crippen molar-refractivity contribution < 1.29 is 29.3 Å². The summed E-state index contributed by atoms with van der Waals surface area (Å²) in [5.74, 6) is -2.35. The van der Waals surface area contributed by atoms with E-state index in [1.54, 1.807) is 12.1 Å². The quantitative estimate of drug-likeness (QED) is 0.218. The minimum Gasteiger partial charge on any atom is -0.494 e. The van der Waals surface area contributed by atoms with Gasteiger partial charge in [-0.2, -0.15) is 0 Å². The Balaban J connectivity index is 0.000000852. The third-order valence-electron chi connectivity index (χ3n) is 5.49. The minimum absolute atomic E-state index is 0.267. The Morgan fingerprint density at radius 1 is 1.15 bits per heavy atom. The van der Waals surface area contributed by atoms with Gasteiger partial charge in [0.15, 0.2) is 0 Å². The second-order valence-electron chi connectivity index (χ2n) is 8.53. The van der Waals surface area contributed by atoms with Crippen molar-refractivity contribution in [1.82, 2.24) is 4.90 Å². The summed E-state index contributed by atoms with van der Waals surface area (Å²) >= 11 is 12.0. The summed E-state index contributed by atoms with van der Waals surface area (Å²) in [4.78, 5) is 20.8. The van der Waals surface area contributed by atoms with Crippen LogP contribution in [0, 0.1) is 5.92 Å². The van der Waals surface area contributed by atoms with E-state index < -0.39 is 11.9 Å². The van der Waals surface area contributed by atoms with Crippen LogP contribution < -0.4 is 4.74 Å². The molecular formula is C25H37Cl2NO6. The number of carboxylic acid groups (broad SMARTS) is 2. The van der Waals surface area contributed by atoms with Crippen LogP contribution in [0.3, 0.4) is 0 Å². The van der Waals surface area contributed by atoms with E-state index in [-0.39, 0.29) is 6.10 Å². The molecule has 0 unspecified atom stereocenters. The van der Waals surface area contributed by atoms with Crippen molar-refractivity contribution in [3.63, 3.8) is 0 Å². The van der Waals surface area contributed by atoms with Crippen LogP contribution in [-0.4, -0.2) is 66.0 Å². The molecule has 1 aliphatic rings. The molecule has 1 saturated heterocycles. The Morgan fingerprint density at radius 2 is 1.85 bits per heavy atom. The fourth-order valence-electron chi connectivity index (χ4n) is 3.57. The number of unbranched alkanes of at least 4 members (excludes halogenated alkanes) is 2. The van der Waals surface area contributed by atoms with Gasteiger partial charge in [0.25, 0.3) is 0 Å². The molecule has 0 aliphatic carbocycles. The molecule has 9 heteroatoms. The lowest BCUT2D eigenvalue weighted by Crippen LogP contribution is -2.46. The first kappa shape index (κ1) is 30.2. The standard InChI is InChI=1S/C23H35Cl2NO2.C2H2O4/c1-4-5-6-12-26-13-9-19(23(17-26)28-14-10-18(2)3)11-15-27-20-7-8-21(24)22(25)16-20;3-1(4)2(5)6/h7-8,10,16,19,23H,4-6,9,11-15,17H2,1-3H3;(H,3,4)(H,5,6)/t19-,23+;/m0./s1. The Labute approximate surface area is 212 Å². The normalized spacial score (nSPS) is 17.9. The zero-order valence-corrected chi connectivity index (χ0v) is 21.8. The van der Waals surface area contributed by atoms with E-state index in [0.29, 0.717) is 29.2 Å². The molecule has 34 heavy (non-hydrogen) atoms. The van der Waals surface area contributed by atoms with Crippen LogP contribution in [0.25, 0.3) is 0 Å². The van der Waals surface area contributed by atoms with Gasteiger partial charge in [0.1, 0.15) is 5.75 Å². The number of piperidine rings is 1. The van der Waals surface area contributed by atoms with Gasteiger partial charge in [-0.05, 0) is 64.3 Å². The molecule has 1 aromatic rings. The number of allylic oxidation sites excluding steroid dienone is 1. The van der Waals surface area contributed by atoms with E-state index in [1.165, 1.54) is 31.4 Å². The second kappa shape index (κ2) is 16.8. The maximum atomic E-state index is 9.10. The molecule has 0 amide bonds. The van der Waals surface area contributed by atoms with Crippen LogP contribution in [0.15, 0.2) is 29.8 Å². The summed E-state index contributed by atoms with van der Waals surface area (Å²) < 4.78 is 12.2. The van der Waals surface area contributed by atoms with Gasteiger partial charge in [0.05, 0.1) is 29.4 Å². The zero-order valence-electron chi connectivity index (χ0n) is 20.3. The molecule has 1 fully saturated rings. The monoisotopic (exact) mass is 517 g/mol. The summed E-state index contributed by atoms with van der Waals surface area (Å²) in [6, 6.07) is 5.43. The summed E-state index contributed by atoms with van der Waals surface area (Å²) in [5, 5.41) is 15.9. The van der Waals surface area contributed by atoms with Crippen molar-refractivity contribution in [2.75, 3.05) is 32.8 Å². The Hall–Kier alpha value is -1.80. The predicted molar refractivity (Wildman–Crippen MR) is 135 cm³/mol. The van der Waals surface area contributed by atoms with E-state index in [9.17, 15) is 0 Å². The third kappa shape index (κ3) is 12.6. The first-order valence-corrected chi connectivity index (χ1v) is 12.4. The molecule has 2 rings (SSSR count). The highest BCUT2D eigenvalue weighted by atomic mass is 35.5. The van der Waals surface area contributed by atoms with Crippen molar-refractivity contribution in [2.24, 2.45) is 5.92 Å². The fraction of sp³-hybridized carbons (Fsp3) is 0.600. The van der Waals surface area contributed by atoms with Crippen molar-refractivity contribution in [3.8, 4) is 5.75 Å². The molecule has 0 saturated carbocycles. The number of likely N-dealkylation sites (tertiary alicyclic amines) is 1. The van der Waals surface area contributed by atoms with Crippen LogP contribution in [0.4, 0.5) is 0 Å². The van der Waals surface area contributed by atoms with Crippen molar-refractivity contribution in [1.29, 1.82) is 0 Å². The lowest BCUT2D eigenvalue weighted by Gasteiger charge is -2.38. The lowest BCUT2D eigenvalue weighted by molar-refractivity contribution is -0.159. The molecular weight excluding hydrogens is 481 g/mol. The largest absolute Gasteiger partial charge is 0.494 e. The number of ether oxygens (including phenoxy) is 2. The van der Waals surface area contributed by atoms with Crippen LogP contribution >= 0.6 is 23.2 Å². The summed E-state index contributed by atoms with van der Waals surface area (Å²) in [5.41, 5.74) is 1.30. The molecule has 0 aromatic heterocycles. The zero-order chi connectivity index (χ0) is 25.5. The van der Waals surface area contributed by atoms with E-state index in [4.69, 9.17) is 52.5 Å². The molecule has 1 heterocycles. The van der Waals surface area contributed by atoms with Crippen molar-refractivity contribution >= 4 is 35.1 Å². The van der Waals surface area contributed by atoms with Crippen LogP contribution in [0.2, 0.25) is 10.0 Å². The predicted octanol–water partition coefficient (Wildman–Crippen LogP) is 5.78. The van der Waals surface area contributed by atoms with E-state index in [0.717, 1.165) is 31.7 Å². The molecule has 1 aromatic carbocycles. The molecule has 0 radical (unpaired) electrons. The highest BCUT2D eigenvalue weighted by Crippen LogP contribution is 2.28. The minimum atomic E-state index is -1.82. The van der Waals surface area contributed by atoms with Crippen LogP contribution in [0.5, 0.6) is 5.75 Å². The van der Waals surface area contributed by atoms with Gasteiger partial charge < -0.3 is 24.6 Å². The maximum Gasteiger partial charge on any atom is 0.414 e. The number of halogens is 2. The van der Waals surface area contributed by atoms with Gasteiger partial charge >= 0.3 is 11.9 Å². The van der Waals surface area contributed by atoms with Crippen molar-refractivity contribution in [3.05, 3.63) is 39.9 Å². The van der Waals surface area contributed by atoms with Crippen LogP contribution in [0.1, 0.15) is 52.9 Å². The highest BCUT2D eigenvalue weighted by molar-refractivity contribution is 6.42. The van der Waals surface area contributed by atoms with Gasteiger partial charge in [0.2, 0.25) is 0 Å². The number of hydrogen-bond acceptors (Lipinski definition) is 5. The second-order valence-corrected chi connectivity index (χ2v) is 9.35. The Bertz CT molecular complexity index is 786. The number of aliphatic carboxylic acids is 2. The van der Waals surface area contributed by atoms with Gasteiger partial charge in [-0.3, -0.25) is 0 Å². The summed E-state index contributed by atoms with van der Waals surface area (Å²) in [7, 11) is 0. The number of hydrogen-bond donors (Lipinski definition) is 2.